The van der Waals surface area contributed by atoms with Crippen LogP contribution < -0.4 is 10.6 Å². The number of rotatable bonds is 0. The van der Waals surface area contributed by atoms with Crippen molar-refractivity contribution in [2.75, 3.05) is 11.9 Å². The highest BCUT2D eigenvalue weighted by molar-refractivity contribution is 6.07. The molecule has 0 atom stereocenters. The third-order valence-electron chi connectivity index (χ3n) is 4.33. The van der Waals surface area contributed by atoms with Crippen molar-refractivity contribution in [3.63, 3.8) is 0 Å². The van der Waals surface area contributed by atoms with E-state index in [0.29, 0.717) is 37.3 Å². The molecule has 1 aliphatic rings. The highest BCUT2D eigenvalue weighted by atomic mass is 16.2. The molecule has 0 aliphatic carbocycles. The number of carbonyl (C=O) groups is 2. The van der Waals surface area contributed by atoms with E-state index in [0.717, 1.165) is 5.56 Å². The first-order valence-corrected chi connectivity index (χ1v) is 9.19. The van der Waals surface area contributed by atoms with Gasteiger partial charge in [0, 0.05) is 38.0 Å². The van der Waals surface area contributed by atoms with Crippen LogP contribution in [-0.4, -0.2) is 42.9 Å². The summed E-state index contributed by atoms with van der Waals surface area (Å²) in [6.07, 6.45) is 6.50. The molecule has 3 aromatic heterocycles. The van der Waals surface area contributed by atoms with Gasteiger partial charge in [-0.3, -0.25) is 19.0 Å². The number of aryl methyl sites for hydroxylation is 1. The number of aromatic nitrogens is 5. The Hall–Kier alpha value is -3.93. The summed E-state index contributed by atoms with van der Waals surface area (Å²) in [5.41, 5.74) is 2.14. The number of nitrogens with one attached hydrogen (secondary N) is 2. The number of nitrogens with zero attached hydrogens (tertiary/aromatic N) is 5. The lowest BCUT2D eigenvalue weighted by molar-refractivity contribution is 0.0948. The predicted molar refractivity (Wildman–Crippen MR) is 113 cm³/mol. The molecule has 1 aliphatic heterocycles. The normalized spacial score (nSPS) is 14.0. The molecule has 2 N–H and O–H groups in total. The van der Waals surface area contributed by atoms with E-state index in [1.54, 1.807) is 36.3 Å². The number of pyridine rings is 1. The average Bonchev–Trinajstić information content (AvgIpc) is 3.33. The van der Waals surface area contributed by atoms with Crippen LogP contribution in [0.1, 0.15) is 41.2 Å². The number of hydrogen-bond acceptors (Lipinski definition) is 5. The molecule has 0 spiro atoms. The largest absolute Gasteiger partial charge is 0.351 e. The number of carbonyl (C=O) groups excluding carboxylic acids is 2. The van der Waals surface area contributed by atoms with Crippen LogP contribution in [0.2, 0.25) is 0 Å². The van der Waals surface area contributed by atoms with E-state index in [4.69, 9.17) is 0 Å². The molecular weight excluding hydrogens is 382 g/mol. The summed E-state index contributed by atoms with van der Waals surface area (Å²) in [6.45, 7) is 0.927. The molecular formula is C21H23N7O2. The summed E-state index contributed by atoms with van der Waals surface area (Å²) in [6, 6.07) is 5.18. The minimum Gasteiger partial charge on any atom is -0.351 e. The van der Waals surface area contributed by atoms with Gasteiger partial charge in [-0.05, 0) is 18.6 Å². The molecule has 0 radical (unpaired) electrons. The van der Waals surface area contributed by atoms with Gasteiger partial charge in [0.1, 0.15) is 12.2 Å². The van der Waals surface area contributed by atoms with Crippen LogP contribution >= 0.6 is 0 Å². The van der Waals surface area contributed by atoms with Crippen molar-refractivity contribution in [3.05, 3.63) is 48.2 Å². The van der Waals surface area contributed by atoms with Gasteiger partial charge in [0.25, 0.3) is 11.8 Å². The molecule has 154 valence electrons. The Kier molecular flexibility index (Phi) is 6.27. The highest BCUT2D eigenvalue weighted by Gasteiger charge is 2.19. The van der Waals surface area contributed by atoms with Gasteiger partial charge in [0.15, 0.2) is 5.69 Å². The van der Waals surface area contributed by atoms with Crippen molar-refractivity contribution in [3.8, 4) is 23.1 Å². The van der Waals surface area contributed by atoms with Gasteiger partial charge in [-0.1, -0.05) is 19.4 Å². The van der Waals surface area contributed by atoms with Crippen LogP contribution in [0.3, 0.4) is 0 Å². The van der Waals surface area contributed by atoms with Gasteiger partial charge < -0.3 is 10.6 Å². The van der Waals surface area contributed by atoms with Gasteiger partial charge in [-0.25, -0.2) is 4.98 Å². The summed E-state index contributed by atoms with van der Waals surface area (Å²) >= 11 is 0. The summed E-state index contributed by atoms with van der Waals surface area (Å²) in [7, 11) is 1.69. The van der Waals surface area contributed by atoms with Crippen molar-refractivity contribution in [2.24, 2.45) is 7.05 Å². The minimum absolute atomic E-state index is 0. The second kappa shape index (κ2) is 9.05. The molecule has 9 nitrogen and oxygen atoms in total. The monoisotopic (exact) mass is 405 g/mol. The number of fused-ring (bicyclic) bond motifs is 6. The third kappa shape index (κ3) is 4.55. The topological polar surface area (TPSA) is 107 Å². The molecule has 0 fully saturated rings. The van der Waals surface area contributed by atoms with E-state index >= 15 is 0 Å². The number of anilines is 1. The van der Waals surface area contributed by atoms with Gasteiger partial charge in [0.2, 0.25) is 0 Å². The van der Waals surface area contributed by atoms with E-state index in [-0.39, 0.29) is 24.7 Å². The van der Waals surface area contributed by atoms with Crippen molar-refractivity contribution >= 4 is 17.5 Å². The first-order chi connectivity index (χ1) is 14.1. The fourth-order valence-corrected chi connectivity index (χ4v) is 2.93. The Balaban J connectivity index is 0.00000256. The molecule has 4 rings (SSSR count). The first-order valence-electron chi connectivity index (χ1n) is 9.19. The Morgan fingerprint density at radius 3 is 2.80 bits per heavy atom. The highest BCUT2D eigenvalue weighted by Crippen LogP contribution is 2.18. The Bertz CT molecular complexity index is 1130. The zero-order valence-corrected chi connectivity index (χ0v) is 15.8. The fourth-order valence-electron chi connectivity index (χ4n) is 2.93. The fraction of sp³-hybridized carbons (Fsp3) is 0.286. The molecule has 9 heteroatoms. The van der Waals surface area contributed by atoms with Gasteiger partial charge in [-0.2, -0.15) is 10.2 Å². The second-order valence-corrected chi connectivity index (χ2v) is 6.57. The summed E-state index contributed by atoms with van der Waals surface area (Å²) < 4.78 is 3.21. The molecule has 0 saturated heterocycles. The quantitative estimate of drug-likeness (QED) is 0.557. The third-order valence-corrected chi connectivity index (χ3v) is 4.33. The molecule has 0 unspecified atom stereocenters. The van der Waals surface area contributed by atoms with Crippen LogP contribution in [0, 0.1) is 11.8 Å². The zero-order chi connectivity index (χ0) is 20.2. The lowest BCUT2D eigenvalue weighted by Gasteiger charge is -2.07. The van der Waals surface area contributed by atoms with Gasteiger partial charge in [0.05, 0.1) is 17.6 Å². The van der Waals surface area contributed by atoms with E-state index in [1.807, 2.05) is 12.3 Å². The maximum absolute atomic E-state index is 12.7. The van der Waals surface area contributed by atoms with Crippen molar-refractivity contribution in [1.29, 1.82) is 0 Å². The zero-order valence-electron chi connectivity index (χ0n) is 15.8. The molecule has 3 aromatic rings. The lowest BCUT2D eigenvalue weighted by atomic mass is 10.2. The van der Waals surface area contributed by atoms with Crippen molar-refractivity contribution in [2.45, 2.75) is 26.8 Å². The molecule has 0 saturated carbocycles. The van der Waals surface area contributed by atoms with E-state index in [2.05, 4.69) is 37.7 Å². The number of amides is 2. The minimum atomic E-state index is -0.423. The number of hydrogen-bond donors (Lipinski definition) is 2. The van der Waals surface area contributed by atoms with Crippen LogP contribution in [-0.2, 0) is 13.6 Å². The van der Waals surface area contributed by atoms with Gasteiger partial charge in [-0.15, -0.1) is 5.92 Å². The van der Waals surface area contributed by atoms with Crippen molar-refractivity contribution in [1.82, 2.24) is 29.9 Å². The maximum Gasteiger partial charge on any atom is 0.274 e. The second-order valence-electron chi connectivity index (χ2n) is 6.57. The lowest BCUT2D eigenvalue weighted by Crippen LogP contribution is -2.26. The van der Waals surface area contributed by atoms with Crippen LogP contribution in [0.4, 0.5) is 5.69 Å². The maximum atomic E-state index is 12.7. The van der Waals surface area contributed by atoms with Crippen LogP contribution in [0.5, 0.6) is 0 Å². The molecule has 30 heavy (non-hydrogen) atoms. The van der Waals surface area contributed by atoms with E-state index in [9.17, 15) is 9.59 Å². The molecule has 4 bridgehead atoms. The Labute approximate surface area is 174 Å². The van der Waals surface area contributed by atoms with Crippen LogP contribution in [0.15, 0.2) is 36.8 Å². The van der Waals surface area contributed by atoms with E-state index in [1.165, 1.54) is 4.68 Å². The Morgan fingerprint density at radius 1 is 1.10 bits per heavy atom. The van der Waals surface area contributed by atoms with Gasteiger partial charge >= 0.3 is 0 Å². The predicted octanol–water partition coefficient (Wildman–Crippen LogP) is 2.09. The van der Waals surface area contributed by atoms with Crippen molar-refractivity contribution < 1.29 is 9.59 Å². The standard InChI is InChI=1S/C20H19N7O2.CH4/c1-26-13-17-18(25-26)20(29)21-9-4-2-3-5-10-27-12-14(11-22-27)15-7-6-8-16(23-15)19(28)24-17;/h6-8,11-13H,2,4,9-10H2,1H3,(H,21,29)(H,24,28);1H4. The molecule has 0 aromatic carbocycles. The first kappa shape index (κ1) is 20.8. The summed E-state index contributed by atoms with van der Waals surface area (Å²) in [5.74, 6) is 5.38. The molecule has 2 amide bonds. The average molecular weight is 405 g/mol. The summed E-state index contributed by atoms with van der Waals surface area (Å²) in [4.78, 5) is 29.6. The SMILES string of the molecule is C.Cn1cc2c(n1)C(=O)NCCCC#CCn1cc(cn1)-c1cccc(n1)C(=O)N2. The van der Waals surface area contributed by atoms with Crippen LogP contribution in [0.25, 0.3) is 11.3 Å². The molecule has 4 heterocycles. The smallest absolute Gasteiger partial charge is 0.274 e. The summed E-state index contributed by atoms with van der Waals surface area (Å²) in [5, 5.41) is 14.0. The Morgan fingerprint density at radius 2 is 1.93 bits per heavy atom. The van der Waals surface area contributed by atoms with E-state index < -0.39 is 5.91 Å².